The normalized spacial score (nSPS) is 25.1. The lowest BCUT2D eigenvalue weighted by Gasteiger charge is -2.36. The van der Waals surface area contributed by atoms with E-state index in [0.29, 0.717) is 36.2 Å². The van der Waals surface area contributed by atoms with Crippen molar-refractivity contribution in [3.63, 3.8) is 0 Å². The summed E-state index contributed by atoms with van der Waals surface area (Å²) in [5, 5.41) is 16.2. The number of halogens is 3. The summed E-state index contributed by atoms with van der Waals surface area (Å²) in [6, 6.07) is 7.53. The molecule has 3 aromatic rings. The van der Waals surface area contributed by atoms with Crippen LogP contribution in [0.1, 0.15) is 30.7 Å². The maximum absolute atomic E-state index is 14.5. The summed E-state index contributed by atoms with van der Waals surface area (Å²) in [7, 11) is 0. The summed E-state index contributed by atoms with van der Waals surface area (Å²) in [4.78, 5) is 15.4. The molecule has 1 amide bonds. The van der Waals surface area contributed by atoms with Gasteiger partial charge in [-0.05, 0) is 79.1 Å². The maximum Gasteiger partial charge on any atom is 0.239 e. The second-order valence-corrected chi connectivity index (χ2v) is 8.80. The van der Waals surface area contributed by atoms with Crippen LogP contribution < -0.4 is 10.6 Å². The molecule has 32 heavy (non-hydrogen) atoms. The monoisotopic (exact) mass is 443 g/mol. The van der Waals surface area contributed by atoms with Gasteiger partial charge in [0, 0.05) is 18.0 Å². The van der Waals surface area contributed by atoms with Crippen molar-refractivity contribution in [2.45, 2.75) is 37.3 Å². The van der Waals surface area contributed by atoms with E-state index in [0.717, 1.165) is 24.5 Å². The van der Waals surface area contributed by atoms with Gasteiger partial charge in [0.15, 0.2) is 0 Å². The Morgan fingerprint density at radius 2 is 1.84 bits per heavy atom. The van der Waals surface area contributed by atoms with Crippen LogP contribution >= 0.6 is 0 Å². The average molecular weight is 443 g/mol. The molecule has 5 nitrogen and oxygen atoms in total. The number of amides is 1. The lowest BCUT2D eigenvalue weighted by Crippen LogP contribution is -2.48. The highest BCUT2D eigenvalue weighted by molar-refractivity contribution is 5.92. The van der Waals surface area contributed by atoms with Gasteiger partial charge in [-0.15, -0.1) is 0 Å². The van der Waals surface area contributed by atoms with E-state index >= 15 is 0 Å². The van der Waals surface area contributed by atoms with E-state index in [2.05, 4.69) is 15.6 Å². The molecule has 1 aromatic heterocycles. The fraction of sp³-hybridized carbons (Fsp3) is 0.375. The maximum atomic E-state index is 14.5. The van der Waals surface area contributed by atoms with Crippen LogP contribution in [-0.2, 0) is 4.79 Å². The van der Waals surface area contributed by atoms with Crippen molar-refractivity contribution >= 4 is 16.8 Å². The second kappa shape index (κ2) is 8.26. The van der Waals surface area contributed by atoms with E-state index in [4.69, 9.17) is 0 Å². The first-order chi connectivity index (χ1) is 15.4. The van der Waals surface area contributed by atoms with Crippen molar-refractivity contribution in [2.75, 3.05) is 13.1 Å². The van der Waals surface area contributed by atoms with Crippen LogP contribution in [0, 0.1) is 23.4 Å². The van der Waals surface area contributed by atoms with Crippen LogP contribution in [0.15, 0.2) is 36.4 Å². The predicted molar refractivity (Wildman–Crippen MR) is 114 cm³/mol. The Morgan fingerprint density at radius 1 is 1.09 bits per heavy atom. The van der Waals surface area contributed by atoms with Gasteiger partial charge in [0.2, 0.25) is 5.91 Å². The van der Waals surface area contributed by atoms with E-state index in [-0.39, 0.29) is 29.1 Å². The number of carbonyl (C=O) groups excluding carboxylic acids is 1. The quantitative estimate of drug-likeness (QED) is 0.487. The lowest BCUT2D eigenvalue weighted by molar-refractivity contribution is -0.125. The van der Waals surface area contributed by atoms with Crippen LogP contribution in [0.5, 0.6) is 0 Å². The summed E-state index contributed by atoms with van der Waals surface area (Å²) < 4.78 is 41.9. The largest absolute Gasteiger partial charge is 0.391 e. The van der Waals surface area contributed by atoms with E-state index in [1.165, 1.54) is 18.2 Å². The zero-order valence-electron chi connectivity index (χ0n) is 17.3. The number of fused-ring (bicyclic) bond motifs is 1. The van der Waals surface area contributed by atoms with Gasteiger partial charge in [-0.3, -0.25) is 4.79 Å². The third kappa shape index (κ3) is 3.78. The zero-order chi connectivity index (χ0) is 22.4. The number of aromatic nitrogens is 1. The van der Waals surface area contributed by atoms with Crippen LogP contribution in [-0.4, -0.2) is 41.2 Å². The lowest BCUT2D eigenvalue weighted by atomic mass is 9.70. The fourth-order valence-electron chi connectivity index (χ4n) is 4.96. The Balaban J connectivity index is 1.36. The van der Waals surface area contributed by atoms with Crippen molar-refractivity contribution in [1.82, 2.24) is 15.6 Å². The number of nitrogens with one attached hydrogen (secondary N) is 3. The Bertz CT molecular complexity index is 1160. The van der Waals surface area contributed by atoms with Gasteiger partial charge < -0.3 is 20.7 Å². The molecule has 2 fully saturated rings. The molecule has 4 N–H and O–H groups in total. The average Bonchev–Trinajstić information content (AvgIpc) is 3.31. The van der Waals surface area contributed by atoms with Gasteiger partial charge in [0.25, 0.3) is 0 Å². The summed E-state index contributed by atoms with van der Waals surface area (Å²) in [6.45, 7) is 1.10. The summed E-state index contributed by atoms with van der Waals surface area (Å²) >= 11 is 0. The summed E-state index contributed by atoms with van der Waals surface area (Å²) in [5.41, 5.74) is 2.42. The van der Waals surface area contributed by atoms with Gasteiger partial charge in [-0.1, -0.05) is 0 Å². The SMILES string of the molecule is O=C(NC[C@H]1C[C@H](c2c(-c3ccc(F)cc3)[nH]c3c(F)cc(F)cc32)C1)[C@H]1NCC[C@H]1O. The smallest absolute Gasteiger partial charge is 0.239 e. The molecule has 8 heteroatoms. The number of hydrogen-bond donors (Lipinski definition) is 4. The van der Waals surface area contributed by atoms with Gasteiger partial charge in [0.05, 0.1) is 17.3 Å². The molecular weight excluding hydrogens is 419 g/mol. The van der Waals surface area contributed by atoms with Crippen molar-refractivity contribution < 1.29 is 23.1 Å². The zero-order valence-corrected chi connectivity index (χ0v) is 17.3. The van der Waals surface area contributed by atoms with Crippen molar-refractivity contribution in [2.24, 2.45) is 5.92 Å². The van der Waals surface area contributed by atoms with Gasteiger partial charge in [-0.25, -0.2) is 13.2 Å². The standard InChI is InChI=1S/C24H24F3N3O2/c25-15-3-1-13(2-4-15)21-20(17-9-16(26)10-18(27)22(17)30-21)14-7-12(8-14)11-29-24(32)23-19(31)5-6-28-23/h1-4,9-10,12,14,19,23,28,30-31H,5-8,11H2,(H,29,32)/t12-,14-,19-,23+/m1/s1. The van der Waals surface area contributed by atoms with E-state index in [1.807, 2.05) is 0 Å². The van der Waals surface area contributed by atoms with E-state index < -0.39 is 23.8 Å². The molecule has 2 heterocycles. The number of aromatic amines is 1. The summed E-state index contributed by atoms with van der Waals surface area (Å²) in [6.07, 6.45) is 1.39. The molecule has 0 bridgehead atoms. The number of carbonyl (C=O) groups is 1. The molecular formula is C24H24F3N3O2. The number of hydrogen-bond acceptors (Lipinski definition) is 3. The molecule has 168 valence electrons. The second-order valence-electron chi connectivity index (χ2n) is 8.80. The first kappa shape index (κ1) is 21.0. The molecule has 0 unspecified atom stereocenters. The molecule has 5 rings (SSSR count). The molecule has 0 spiro atoms. The van der Waals surface area contributed by atoms with Crippen LogP contribution in [0.4, 0.5) is 13.2 Å². The van der Waals surface area contributed by atoms with E-state index in [1.54, 1.807) is 12.1 Å². The predicted octanol–water partition coefficient (Wildman–Crippen LogP) is 3.58. The fourth-order valence-corrected chi connectivity index (χ4v) is 4.96. The number of rotatable bonds is 5. The first-order valence-electron chi connectivity index (χ1n) is 10.9. The molecule has 1 saturated heterocycles. The van der Waals surface area contributed by atoms with Crippen molar-refractivity contribution in [3.05, 3.63) is 59.4 Å². The van der Waals surface area contributed by atoms with Crippen molar-refractivity contribution in [3.8, 4) is 11.3 Å². The van der Waals surface area contributed by atoms with Crippen LogP contribution in [0.25, 0.3) is 22.2 Å². The molecule has 1 aliphatic carbocycles. The molecule has 2 aromatic carbocycles. The minimum atomic E-state index is -0.668. The summed E-state index contributed by atoms with van der Waals surface area (Å²) in [5.74, 6) is -1.60. The molecule has 1 saturated carbocycles. The third-order valence-corrected chi connectivity index (χ3v) is 6.68. The van der Waals surface area contributed by atoms with Gasteiger partial charge >= 0.3 is 0 Å². The molecule has 2 atom stereocenters. The highest BCUT2D eigenvalue weighted by Gasteiger charge is 2.36. The third-order valence-electron chi connectivity index (χ3n) is 6.68. The van der Waals surface area contributed by atoms with Crippen LogP contribution in [0.3, 0.4) is 0 Å². The minimum Gasteiger partial charge on any atom is -0.391 e. The van der Waals surface area contributed by atoms with Crippen molar-refractivity contribution in [1.29, 1.82) is 0 Å². The molecule has 2 aliphatic rings. The highest BCUT2D eigenvalue weighted by Crippen LogP contribution is 2.48. The number of aliphatic hydroxyl groups excluding tert-OH is 1. The van der Waals surface area contributed by atoms with E-state index in [9.17, 15) is 23.1 Å². The minimum absolute atomic E-state index is 0.0575. The Labute approximate surface area is 183 Å². The Kier molecular flexibility index (Phi) is 5.43. The number of benzene rings is 2. The highest BCUT2D eigenvalue weighted by atomic mass is 19.1. The number of H-pyrrole nitrogens is 1. The molecule has 1 aliphatic heterocycles. The van der Waals surface area contributed by atoms with Crippen LogP contribution in [0.2, 0.25) is 0 Å². The number of aliphatic hydroxyl groups is 1. The Hall–Kier alpha value is -2.84. The molecule has 0 radical (unpaired) electrons. The Morgan fingerprint density at radius 3 is 2.53 bits per heavy atom. The first-order valence-corrected chi connectivity index (χ1v) is 10.9. The van der Waals surface area contributed by atoms with Gasteiger partial charge in [0.1, 0.15) is 23.5 Å². The van der Waals surface area contributed by atoms with Gasteiger partial charge in [-0.2, -0.15) is 0 Å². The topological polar surface area (TPSA) is 77.2 Å².